The van der Waals surface area contributed by atoms with Crippen LogP contribution in [0.25, 0.3) is 16.7 Å². The molecule has 2 aromatic heterocycles. The highest BCUT2D eigenvalue weighted by atomic mass is 35.5. The van der Waals surface area contributed by atoms with Gasteiger partial charge in [-0.05, 0) is 24.6 Å². The van der Waals surface area contributed by atoms with E-state index in [2.05, 4.69) is 20.3 Å². The van der Waals surface area contributed by atoms with Gasteiger partial charge in [-0.25, -0.2) is 14.5 Å². The largest absolute Gasteiger partial charge is 0.351 e. The third-order valence-electron chi connectivity index (χ3n) is 3.86. The van der Waals surface area contributed by atoms with Gasteiger partial charge in [-0.1, -0.05) is 11.6 Å². The summed E-state index contributed by atoms with van der Waals surface area (Å²) < 4.78 is 1.83. The molecule has 3 aromatic rings. The Labute approximate surface area is 126 Å². The second-order valence-electron chi connectivity index (χ2n) is 5.26. The number of rotatable bonds is 1. The number of nitrogens with zero attached hydrogens (tertiary/aromatic N) is 5. The SMILES string of the molecule is Cc1cc(Cl)cc2c1nc(N1CCNCC1)c1ncnn12. The van der Waals surface area contributed by atoms with Crippen LogP contribution in [0.3, 0.4) is 0 Å². The molecule has 3 heterocycles. The van der Waals surface area contributed by atoms with E-state index >= 15 is 0 Å². The van der Waals surface area contributed by atoms with Crippen LogP contribution in [0, 0.1) is 6.92 Å². The first kappa shape index (κ1) is 12.8. The molecule has 0 amide bonds. The topological polar surface area (TPSA) is 58.4 Å². The van der Waals surface area contributed by atoms with Gasteiger partial charge in [-0.15, -0.1) is 0 Å². The summed E-state index contributed by atoms with van der Waals surface area (Å²) in [5.74, 6) is 0.895. The van der Waals surface area contributed by atoms with E-state index in [0.717, 1.165) is 54.2 Å². The van der Waals surface area contributed by atoms with Crippen LogP contribution in [0.1, 0.15) is 5.56 Å². The van der Waals surface area contributed by atoms with Crippen LogP contribution in [0.4, 0.5) is 5.82 Å². The Balaban J connectivity index is 2.03. The summed E-state index contributed by atoms with van der Waals surface area (Å²) in [4.78, 5) is 11.5. The van der Waals surface area contributed by atoms with E-state index in [1.165, 1.54) is 0 Å². The summed E-state index contributed by atoms with van der Waals surface area (Å²) in [7, 11) is 0. The van der Waals surface area contributed by atoms with Crippen molar-refractivity contribution in [3.63, 3.8) is 0 Å². The summed E-state index contributed by atoms with van der Waals surface area (Å²) in [6, 6.07) is 3.82. The molecule has 1 aliphatic rings. The molecular formula is C14H15ClN6. The maximum absolute atomic E-state index is 6.17. The number of hydrogen-bond donors (Lipinski definition) is 1. The van der Waals surface area contributed by atoms with Gasteiger partial charge < -0.3 is 10.2 Å². The Morgan fingerprint density at radius 2 is 2.05 bits per heavy atom. The zero-order valence-corrected chi connectivity index (χ0v) is 12.4. The van der Waals surface area contributed by atoms with E-state index < -0.39 is 0 Å². The van der Waals surface area contributed by atoms with Crippen LogP contribution in [-0.2, 0) is 0 Å². The lowest BCUT2D eigenvalue weighted by molar-refractivity contribution is 0.586. The standard InChI is InChI=1S/C14H15ClN6/c1-9-6-10(15)7-11-12(9)19-14(13-17-8-18-21(11)13)20-4-2-16-3-5-20/h6-8,16H,2-5H2,1H3. The molecular weight excluding hydrogens is 288 g/mol. The molecule has 0 spiro atoms. The van der Waals surface area contributed by atoms with Gasteiger partial charge in [0.2, 0.25) is 0 Å². The van der Waals surface area contributed by atoms with Crippen molar-refractivity contribution in [3.05, 3.63) is 29.0 Å². The molecule has 4 rings (SSSR count). The Hall–Kier alpha value is -1.92. The van der Waals surface area contributed by atoms with Gasteiger partial charge in [0.1, 0.15) is 6.33 Å². The van der Waals surface area contributed by atoms with Crippen LogP contribution in [0.15, 0.2) is 18.5 Å². The van der Waals surface area contributed by atoms with Crippen LogP contribution in [-0.4, -0.2) is 45.8 Å². The Kier molecular flexibility index (Phi) is 2.94. The molecule has 1 aliphatic heterocycles. The van der Waals surface area contributed by atoms with E-state index in [1.54, 1.807) is 6.33 Å². The first-order chi connectivity index (χ1) is 10.2. The van der Waals surface area contributed by atoms with Crippen LogP contribution in [0.5, 0.6) is 0 Å². The minimum atomic E-state index is 0.688. The molecule has 0 radical (unpaired) electrons. The van der Waals surface area contributed by atoms with E-state index in [-0.39, 0.29) is 0 Å². The van der Waals surface area contributed by atoms with Gasteiger partial charge in [0.25, 0.3) is 0 Å². The maximum Gasteiger partial charge on any atom is 0.199 e. The Morgan fingerprint density at radius 3 is 2.86 bits per heavy atom. The van der Waals surface area contributed by atoms with Crippen molar-refractivity contribution < 1.29 is 0 Å². The van der Waals surface area contributed by atoms with Crippen LogP contribution >= 0.6 is 11.6 Å². The zero-order chi connectivity index (χ0) is 14.4. The molecule has 0 atom stereocenters. The van der Waals surface area contributed by atoms with Gasteiger partial charge >= 0.3 is 0 Å². The van der Waals surface area contributed by atoms with E-state index in [4.69, 9.17) is 16.6 Å². The number of anilines is 1. The highest BCUT2D eigenvalue weighted by Gasteiger charge is 2.19. The van der Waals surface area contributed by atoms with Crippen molar-refractivity contribution in [1.29, 1.82) is 0 Å². The van der Waals surface area contributed by atoms with E-state index in [9.17, 15) is 0 Å². The molecule has 0 unspecified atom stereocenters. The molecule has 7 heteroatoms. The second kappa shape index (κ2) is 4.82. The van der Waals surface area contributed by atoms with Crippen molar-refractivity contribution in [2.75, 3.05) is 31.1 Å². The lowest BCUT2D eigenvalue weighted by atomic mass is 10.2. The average molecular weight is 303 g/mol. The predicted octanol–water partition coefficient (Wildman–Crippen LogP) is 1.65. The molecule has 108 valence electrons. The Bertz CT molecular complexity index is 821. The van der Waals surface area contributed by atoms with Gasteiger partial charge in [0.15, 0.2) is 11.5 Å². The molecule has 0 saturated carbocycles. The predicted molar refractivity (Wildman–Crippen MR) is 83.1 cm³/mol. The van der Waals surface area contributed by atoms with Crippen molar-refractivity contribution in [2.24, 2.45) is 0 Å². The number of aromatic nitrogens is 4. The third-order valence-corrected chi connectivity index (χ3v) is 4.07. The quantitative estimate of drug-likeness (QED) is 0.741. The second-order valence-corrected chi connectivity index (χ2v) is 5.69. The molecule has 0 bridgehead atoms. The minimum Gasteiger partial charge on any atom is -0.351 e. The smallest absolute Gasteiger partial charge is 0.199 e. The highest BCUT2D eigenvalue weighted by Crippen LogP contribution is 2.27. The lowest BCUT2D eigenvalue weighted by Crippen LogP contribution is -2.44. The number of aryl methyl sites for hydroxylation is 1. The average Bonchev–Trinajstić information content (AvgIpc) is 2.97. The summed E-state index contributed by atoms with van der Waals surface area (Å²) >= 11 is 6.17. The number of hydrogen-bond acceptors (Lipinski definition) is 5. The fraction of sp³-hybridized carbons (Fsp3) is 0.357. The summed E-state index contributed by atoms with van der Waals surface area (Å²) in [5.41, 5.74) is 3.65. The number of piperazine rings is 1. The summed E-state index contributed by atoms with van der Waals surface area (Å²) in [6.45, 7) is 5.78. The summed E-state index contributed by atoms with van der Waals surface area (Å²) in [5, 5.41) is 8.39. The minimum absolute atomic E-state index is 0.688. The molecule has 6 nitrogen and oxygen atoms in total. The molecule has 0 aliphatic carbocycles. The fourth-order valence-electron chi connectivity index (χ4n) is 2.84. The summed E-state index contributed by atoms with van der Waals surface area (Å²) in [6.07, 6.45) is 1.57. The lowest BCUT2D eigenvalue weighted by Gasteiger charge is -2.28. The fourth-order valence-corrected chi connectivity index (χ4v) is 3.11. The van der Waals surface area contributed by atoms with Gasteiger partial charge in [0, 0.05) is 31.2 Å². The maximum atomic E-state index is 6.17. The molecule has 1 aromatic carbocycles. The number of nitrogens with one attached hydrogen (secondary N) is 1. The molecule has 1 saturated heterocycles. The van der Waals surface area contributed by atoms with Crippen molar-refractivity contribution >= 4 is 34.1 Å². The van der Waals surface area contributed by atoms with Crippen LogP contribution < -0.4 is 10.2 Å². The molecule has 1 N–H and O–H groups in total. The van der Waals surface area contributed by atoms with E-state index in [1.807, 2.05) is 23.6 Å². The van der Waals surface area contributed by atoms with Gasteiger partial charge in [-0.2, -0.15) is 5.10 Å². The van der Waals surface area contributed by atoms with Gasteiger partial charge in [-0.3, -0.25) is 0 Å². The molecule has 21 heavy (non-hydrogen) atoms. The first-order valence-electron chi connectivity index (χ1n) is 6.99. The normalized spacial score (nSPS) is 16.0. The van der Waals surface area contributed by atoms with Crippen molar-refractivity contribution in [2.45, 2.75) is 6.92 Å². The van der Waals surface area contributed by atoms with E-state index in [0.29, 0.717) is 5.02 Å². The zero-order valence-electron chi connectivity index (χ0n) is 11.7. The molecule has 1 fully saturated rings. The highest BCUT2D eigenvalue weighted by molar-refractivity contribution is 6.31. The number of fused-ring (bicyclic) bond motifs is 3. The number of halogens is 1. The monoisotopic (exact) mass is 302 g/mol. The third kappa shape index (κ3) is 2.02. The van der Waals surface area contributed by atoms with Gasteiger partial charge in [0.05, 0.1) is 11.0 Å². The van der Waals surface area contributed by atoms with Crippen molar-refractivity contribution in [3.8, 4) is 0 Å². The Morgan fingerprint density at radius 1 is 1.24 bits per heavy atom. The van der Waals surface area contributed by atoms with Crippen molar-refractivity contribution in [1.82, 2.24) is 24.9 Å². The van der Waals surface area contributed by atoms with Crippen LogP contribution in [0.2, 0.25) is 5.02 Å². The first-order valence-corrected chi connectivity index (χ1v) is 7.37. The number of benzene rings is 1.